The fraction of sp³-hybridized carbons (Fsp3) is 0.441. The average molecular weight is 511 g/mol. The highest BCUT2D eigenvalue weighted by atomic mass is 16.3. The van der Waals surface area contributed by atoms with Crippen molar-refractivity contribution in [2.75, 3.05) is 0 Å². The average Bonchev–Trinajstić information content (AvgIpc) is 2.85. The minimum atomic E-state index is -0.460. The number of Topliss-reactive ketones (excluding diaryl/α,β-unsaturated/α-hetero) is 3. The molecule has 0 aliphatic heterocycles. The molecule has 3 aliphatic rings. The first-order valence-corrected chi connectivity index (χ1v) is 13.9. The third-order valence-corrected chi connectivity index (χ3v) is 9.52. The molecule has 0 bridgehead atoms. The summed E-state index contributed by atoms with van der Waals surface area (Å²) >= 11 is 0. The zero-order valence-electron chi connectivity index (χ0n) is 23.6. The molecule has 0 radical (unpaired) electrons. The van der Waals surface area contributed by atoms with E-state index >= 15 is 0 Å². The van der Waals surface area contributed by atoms with Crippen LogP contribution in [-0.4, -0.2) is 22.5 Å². The highest BCUT2D eigenvalue weighted by molar-refractivity contribution is 6.23. The van der Waals surface area contributed by atoms with Crippen molar-refractivity contribution in [3.05, 3.63) is 74.9 Å². The summed E-state index contributed by atoms with van der Waals surface area (Å²) in [6.07, 6.45) is 1.67. The molecule has 0 spiro atoms. The van der Waals surface area contributed by atoms with Crippen LogP contribution in [0, 0.1) is 43.4 Å². The van der Waals surface area contributed by atoms with E-state index in [1.165, 1.54) is 11.1 Å². The standard InChI is InChI=1S/C34H38O4/c1-8-26(35)31-19(6)28(16(2)3)25-15-22-14-24-23(21-10-9-17(4)18(5)13-21)11-12-27(36)32(24)33(37)29(22)20(7)30(25)34(31)38/h9-13,16,22,25,28,30,36H,8,14-15H2,1-7H3/t22?,25-,28+,30?/m0/s1. The Morgan fingerprint density at radius 1 is 1.00 bits per heavy atom. The minimum Gasteiger partial charge on any atom is -0.507 e. The van der Waals surface area contributed by atoms with Gasteiger partial charge in [0.25, 0.3) is 0 Å². The second kappa shape index (κ2) is 9.48. The molecule has 38 heavy (non-hydrogen) atoms. The number of aryl methyl sites for hydroxylation is 2. The van der Waals surface area contributed by atoms with Crippen LogP contribution in [0.3, 0.4) is 0 Å². The third kappa shape index (κ3) is 3.83. The van der Waals surface area contributed by atoms with E-state index in [0.29, 0.717) is 29.6 Å². The third-order valence-electron chi connectivity index (χ3n) is 9.52. The number of phenols is 1. The van der Waals surface area contributed by atoms with Gasteiger partial charge in [-0.3, -0.25) is 14.4 Å². The van der Waals surface area contributed by atoms with Gasteiger partial charge in [0.1, 0.15) is 5.75 Å². The Kier molecular flexibility index (Phi) is 6.57. The van der Waals surface area contributed by atoms with Gasteiger partial charge in [-0.05, 0) is 98.1 Å². The molecule has 198 valence electrons. The molecule has 5 rings (SSSR count). The van der Waals surface area contributed by atoms with Crippen molar-refractivity contribution in [1.29, 1.82) is 0 Å². The zero-order chi connectivity index (χ0) is 27.6. The molecule has 4 atom stereocenters. The number of carbonyl (C=O) groups excluding carboxylic acids is 3. The first-order valence-electron chi connectivity index (χ1n) is 13.9. The molecule has 4 nitrogen and oxygen atoms in total. The van der Waals surface area contributed by atoms with Crippen LogP contribution in [0.1, 0.15) is 74.5 Å². The first-order chi connectivity index (χ1) is 18.0. The Labute approximate surface area is 225 Å². The lowest BCUT2D eigenvalue weighted by molar-refractivity contribution is -0.126. The number of aromatic hydroxyl groups is 1. The number of hydrogen-bond acceptors (Lipinski definition) is 4. The van der Waals surface area contributed by atoms with Crippen molar-refractivity contribution >= 4 is 17.3 Å². The molecule has 0 fully saturated rings. The van der Waals surface area contributed by atoms with Gasteiger partial charge in [0.05, 0.1) is 11.1 Å². The van der Waals surface area contributed by atoms with E-state index in [9.17, 15) is 19.5 Å². The summed E-state index contributed by atoms with van der Waals surface area (Å²) in [5, 5.41) is 10.9. The smallest absolute Gasteiger partial charge is 0.193 e. The number of hydrogen-bond donors (Lipinski definition) is 1. The molecule has 2 aromatic carbocycles. The van der Waals surface area contributed by atoms with Crippen molar-refractivity contribution in [1.82, 2.24) is 0 Å². The highest BCUT2D eigenvalue weighted by Gasteiger charge is 2.51. The molecule has 0 saturated heterocycles. The second-order valence-electron chi connectivity index (χ2n) is 12.0. The molecule has 0 heterocycles. The summed E-state index contributed by atoms with van der Waals surface area (Å²) in [6.45, 7) is 14.2. The van der Waals surface area contributed by atoms with Gasteiger partial charge < -0.3 is 5.11 Å². The molecule has 4 heteroatoms. The molecule has 2 aromatic rings. The maximum Gasteiger partial charge on any atom is 0.193 e. The van der Waals surface area contributed by atoms with Crippen molar-refractivity contribution in [2.24, 2.45) is 29.6 Å². The van der Waals surface area contributed by atoms with Gasteiger partial charge >= 0.3 is 0 Å². The number of ketones is 3. The van der Waals surface area contributed by atoms with Crippen molar-refractivity contribution < 1.29 is 19.5 Å². The van der Waals surface area contributed by atoms with Gasteiger partial charge in [-0.15, -0.1) is 0 Å². The first kappa shape index (κ1) is 26.3. The van der Waals surface area contributed by atoms with Crippen LogP contribution >= 0.6 is 0 Å². The molecule has 3 aliphatic carbocycles. The van der Waals surface area contributed by atoms with Crippen molar-refractivity contribution in [2.45, 2.75) is 67.7 Å². The topological polar surface area (TPSA) is 71.4 Å². The van der Waals surface area contributed by atoms with Gasteiger partial charge in [-0.1, -0.05) is 56.2 Å². The van der Waals surface area contributed by atoms with Gasteiger partial charge in [-0.2, -0.15) is 0 Å². The van der Waals surface area contributed by atoms with E-state index < -0.39 is 5.92 Å². The molecule has 0 aromatic heterocycles. The Morgan fingerprint density at radius 3 is 2.34 bits per heavy atom. The Morgan fingerprint density at radius 2 is 1.71 bits per heavy atom. The Balaban J connectivity index is 1.68. The van der Waals surface area contributed by atoms with Gasteiger partial charge in [0, 0.05) is 17.9 Å². The van der Waals surface area contributed by atoms with Crippen molar-refractivity contribution in [3.63, 3.8) is 0 Å². The molecule has 0 saturated carbocycles. The highest BCUT2D eigenvalue weighted by Crippen LogP contribution is 2.54. The fourth-order valence-corrected chi connectivity index (χ4v) is 7.72. The molecule has 1 N–H and O–H groups in total. The molecular formula is C34H38O4. The summed E-state index contributed by atoms with van der Waals surface area (Å²) < 4.78 is 0. The normalized spacial score (nSPS) is 24.9. The lowest BCUT2D eigenvalue weighted by Gasteiger charge is -2.48. The van der Waals surface area contributed by atoms with Crippen LogP contribution in [0.5, 0.6) is 5.75 Å². The van der Waals surface area contributed by atoms with Crippen LogP contribution in [0.2, 0.25) is 0 Å². The van der Waals surface area contributed by atoms with Crippen LogP contribution in [0.15, 0.2) is 52.6 Å². The van der Waals surface area contributed by atoms with Crippen LogP contribution < -0.4 is 0 Å². The van der Waals surface area contributed by atoms with E-state index in [0.717, 1.165) is 34.3 Å². The van der Waals surface area contributed by atoms with E-state index in [2.05, 4.69) is 45.9 Å². The maximum absolute atomic E-state index is 14.1. The van der Waals surface area contributed by atoms with Crippen LogP contribution in [-0.2, 0) is 16.0 Å². The molecule has 0 amide bonds. The lowest BCUT2D eigenvalue weighted by atomic mass is 9.54. The number of rotatable bonds is 4. The number of allylic oxidation sites excluding steroid dienone is 4. The number of phenolic OH excluding ortho intramolecular Hbond substituents is 1. The predicted octanol–water partition coefficient (Wildman–Crippen LogP) is 7.13. The SMILES string of the molecule is CCC(=O)C1=C(C)[C@@H](C(C)C)[C@@H]2CC3Cc4c(-c5ccc(C)c(C)c5)ccc(O)c4C(=O)C3=C(C)C2C1=O. The lowest BCUT2D eigenvalue weighted by Crippen LogP contribution is -2.46. The molecule has 2 unspecified atom stereocenters. The van der Waals surface area contributed by atoms with E-state index in [1.54, 1.807) is 13.0 Å². The van der Waals surface area contributed by atoms with E-state index in [4.69, 9.17) is 0 Å². The fourth-order valence-electron chi connectivity index (χ4n) is 7.72. The van der Waals surface area contributed by atoms with Crippen LogP contribution in [0.25, 0.3) is 11.1 Å². The summed E-state index contributed by atoms with van der Waals surface area (Å²) in [7, 11) is 0. The molecular weight excluding hydrogens is 472 g/mol. The summed E-state index contributed by atoms with van der Waals surface area (Å²) in [5.74, 6) is -0.441. The summed E-state index contributed by atoms with van der Waals surface area (Å²) in [4.78, 5) is 40.9. The van der Waals surface area contributed by atoms with Crippen molar-refractivity contribution in [3.8, 4) is 16.9 Å². The van der Waals surface area contributed by atoms with Gasteiger partial charge in [0.2, 0.25) is 0 Å². The zero-order valence-corrected chi connectivity index (χ0v) is 23.6. The number of benzene rings is 2. The monoisotopic (exact) mass is 510 g/mol. The Hall–Kier alpha value is -3.27. The number of carbonyl (C=O) groups is 3. The minimum absolute atomic E-state index is 0.00826. The van der Waals surface area contributed by atoms with Crippen LogP contribution in [0.4, 0.5) is 0 Å². The van der Waals surface area contributed by atoms with E-state index in [-0.39, 0.29) is 46.8 Å². The number of fused-ring (bicyclic) bond motifs is 3. The largest absolute Gasteiger partial charge is 0.507 e. The quantitative estimate of drug-likeness (QED) is 0.444. The van der Waals surface area contributed by atoms with Gasteiger partial charge in [0.15, 0.2) is 17.3 Å². The maximum atomic E-state index is 14.1. The van der Waals surface area contributed by atoms with E-state index in [1.807, 2.05) is 19.9 Å². The van der Waals surface area contributed by atoms with Gasteiger partial charge in [-0.25, -0.2) is 0 Å². The summed E-state index contributed by atoms with van der Waals surface area (Å²) in [5.41, 5.74) is 8.43. The second-order valence-corrected chi connectivity index (χ2v) is 12.0. The predicted molar refractivity (Wildman–Crippen MR) is 150 cm³/mol. The summed E-state index contributed by atoms with van der Waals surface area (Å²) in [6, 6.07) is 9.88. The Bertz CT molecular complexity index is 1450.